The third-order valence-electron chi connectivity index (χ3n) is 7.80. The third kappa shape index (κ3) is 4.67. The van der Waals surface area contributed by atoms with Gasteiger partial charge in [0.15, 0.2) is 11.7 Å². The molecule has 2 atom stereocenters. The monoisotopic (exact) mass is 537 g/mol. The van der Waals surface area contributed by atoms with Crippen LogP contribution in [0.5, 0.6) is 5.75 Å². The van der Waals surface area contributed by atoms with Crippen LogP contribution >= 0.6 is 11.3 Å². The number of nitrogens with zero attached hydrogens (tertiary/aromatic N) is 2. The number of piperidine rings is 1. The molecule has 0 unspecified atom stereocenters. The van der Waals surface area contributed by atoms with Crippen molar-refractivity contribution >= 4 is 44.6 Å². The molecular weight excluding hydrogens is 505 g/mol. The number of benzene rings is 2. The molecule has 2 amide bonds. The number of fused-ring (bicyclic) bond motifs is 2. The molecule has 1 aromatic heterocycles. The third-order valence-corrected chi connectivity index (χ3v) is 8.78. The minimum atomic E-state index is -0.386. The van der Waals surface area contributed by atoms with E-state index >= 15 is 4.39 Å². The second-order valence-corrected chi connectivity index (χ2v) is 11.3. The Labute approximate surface area is 225 Å². The van der Waals surface area contributed by atoms with Crippen LogP contribution in [-0.2, 0) is 14.3 Å². The predicted octanol–water partition coefficient (Wildman–Crippen LogP) is 4.69. The van der Waals surface area contributed by atoms with Gasteiger partial charge in [-0.25, -0.2) is 0 Å². The van der Waals surface area contributed by atoms with Crippen molar-refractivity contribution in [1.82, 2.24) is 5.32 Å². The first-order chi connectivity index (χ1) is 18.6. The summed E-state index contributed by atoms with van der Waals surface area (Å²) in [5.41, 5.74) is 2.11. The first-order valence-electron chi connectivity index (χ1n) is 13.3. The van der Waals surface area contributed by atoms with Crippen LogP contribution in [0.4, 0.5) is 15.8 Å². The topological polar surface area (TPSA) is 71.1 Å². The number of amides is 2. The quantitative estimate of drug-likeness (QED) is 0.422. The molecule has 0 radical (unpaired) electrons. The highest BCUT2D eigenvalue weighted by Crippen LogP contribution is 2.44. The Morgan fingerprint density at radius 3 is 2.89 bits per heavy atom. The molecule has 2 fully saturated rings. The molecule has 1 aliphatic carbocycles. The van der Waals surface area contributed by atoms with Crippen LogP contribution in [0.2, 0.25) is 0 Å². The van der Waals surface area contributed by atoms with Gasteiger partial charge < -0.3 is 24.6 Å². The lowest BCUT2D eigenvalue weighted by molar-refractivity contribution is -0.123. The van der Waals surface area contributed by atoms with Gasteiger partial charge in [0.25, 0.3) is 5.91 Å². The zero-order valence-electron chi connectivity index (χ0n) is 21.5. The highest BCUT2D eigenvalue weighted by Gasteiger charge is 2.43. The van der Waals surface area contributed by atoms with E-state index < -0.39 is 0 Å². The summed E-state index contributed by atoms with van der Waals surface area (Å²) >= 11 is 1.16. The number of anilines is 2. The van der Waals surface area contributed by atoms with Crippen LogP contribution in [0.3, 0.4) is 0 Å². The first kappa shape index (κ1) is 25.3. The minimum absolute atomic E-state index is 0.000182. The zero-order chi connectivity index (χ0) is 26.2. The first-order valence-corrected chi connectivity index (χ1v) is 14.2. The minimum Gasteiger partial charge on any atom is -0.482 e. The molecule has 0 spiro atoms. The molecule has 1 saturated carbocycles. The maximum absolute atomic E-state index is 15.3. The van der Waals surface area contributed by atoms with Crippen LogP contribution in [0.1, 0.15) is 37.2 Å². The van der Waals surface area contributed by atoms with Crippen LogP contribution < -0.4 is 19.9 Å². The molecule has 3 aliphatic rings. The molecule has 3 heterocycles. The summed E-state index contributed by atoms with van der Waals surface area (Å²) < 4.78 is 27.1. The summed E-state index contributed by atoms with van der Waals surface area (Å²) in [5.74, 6) is -0.0458. The van der Waals surface area contributed by atoms with Crippen molar-refractivity contribution in [2.45, 2.75) is 37.6 Å². The van der Waals surface area contributed by atoms with Crippen molar-refractivity contribution in [1.29, 1.82) is 0 Å². The van der Waals surface area contributed by atoms with Gasteiger partial charge in [0.1, 0.15) is 5.75 Å². The fourth-order valence-electron chi connectivity index (χ4n) is 5.83. The molecule has 1 saturated heterocycles. The second-order valence-electron chi connectivity index (χ2n) is 10.3. The van der Waals surface area contributed by atoms with Crippen LogP contribution in [0.15, 0.2) is 42.5 Å². The Balaban J connectivity index is 1.34. The van der Waals surface area contributed by atoms with Gasteiger partial charge >= 0.3 is 0 Å². The van der Waals surface area contributed by atoms with E-state index in [0.29, 0.717) is 49.5 Å². The normalized spacial score (nSPS) is 21.3. The SMILES string of the molecule is COCCCN1C(=O)COc2ccc(N(C(=O)[C@H]3CNCC[C@@H]3c3c(F)sc4ccccc34)C3CC3)cc21. The van der Waals surface area contributed by atoms with Crippen LogP contribution in [0, 0.1) is 11.0 Å². The Morgan fingerprint density at radius 2 is 2.08 bits per heavy atom. The van der Waals surface area contributed by atoms with E-state index in [9.17, 15) is 9.59 Å². The Kier molecular flexibility index (Phi) is 7.07. The Bertz CT molecular complexity index is 1360. The van der Waals surface area contributed by atoms with Gasteiger partial charge in [-0.2, -0.15) is 4.39 Å². The van der Waals surface area contributed by atoms with Gasteiger partial charge in [-0.1, -0.05) is 18.2 Å². The molecule has 2 aliphatic heterocycles. The number of rotatable bonds is 8. The van der Waals surface area contributed by atoms with Crippen molar-refractivity contribution in [3.05, 3.63) is 53.2 Å². The molecule has 3 aromatic rings. The predicted molar refractivity (Wildman–Crippen MR) is 147 cm³/mol. The molecule has 6 rings (SSSR count). The highest BCUT2D eigenvalue weighted by atomic mass is 32.1. The summed E-state index contributed by atoms with van der Waals surface area (Å²) in [6.45, 7) is 2.32. The van der Waals surface area contributed by atoms with Crippen molar-refractivity contribution in [2.75, 3.05) is 49.8 Å². The maximum Gasteiger partial charge on any atom is 0.265 e. The van der Waals surface area contributed by atoms with Gasteiger partial charge in [0, 0.05) is 54.7 Å². The zero-order valence-corrected chi connectivity index (χ0v) is 22.3. The number of halogens is 1. The Morgan fingerprint density at radius 1 is 1.24 bits per heavy atom. The van der Waals surface area contributed by atoms with Crippen molar-refractivity contribution in [3.8, 4) is 5.75 Å². The Hall–Kier alpha value is -3.01. The molecule has 9 heteroatoms. The van der Waals surface area contributed by atoms with Crippen molar-refractivity contribution in [3.63, 3.8) is 0 Å². The van der Waals surface area contributed by atoms with Crippen molar-refractivity contribution in [2.24, 2.45) is 5.92 Å². The summed E-state index contributed by atoms with van der Waals surface area (Å²) in [6.07, 6.45) is 3.26. The number of carbonyl (C=O) groups is 2. The van der Waals surface area contributed by atoms with E-state index in [0.717, 1.165) is 46.5 Å². The van der Waals surface area contributed by atoms with E-state index in [1.165, 1.54) is 0 Å². The van der Waals surface area contributed by atoms with E-state index in [1.807, 2.05) is 47.4 Å². The van der Waals surface area contributed by atoms with Gasteiger partial charge in [-0.3, -0.25) is 9.59 Å². The number of hydrogen-bond acceptors (Lipinski definition) is 6. The van der Waals surface area contributed by atoms with Gasteiger partial charge in [0.05, 0.1) is 11.6 Å². The molecule has 38 heavy (non-hydrogen) atoms. The van der Waals surface area contributed by atoms with Gasteiger partial charge in [-0.05, 0) is 61.9 Å². The lowest BCUT2D eigenvalue weighted by Gasteiger charge is -2.36. The van der Waals surface area contributed by atoms with Crippen molar-refractivity contribution < 1.29 is 23.5 Å². The highest BCUT2D eigenvalue weighted by molar-refractivity contribution is 7.17. The fraction of sp³-hybridized carbons (Fsp3) is 0.448. The largest absolute Gasteiger partial charge is 0.482 e. The van der Waals surface area contributed by atoms with E-state index in [4.69, 9.17) is 9.47 Å². The number of ether oxygens (including phenoxy) is 2. The van der Waals surface area contributed by atoms with E-state index in [1.54, 1.807) is 12.0 Å². The number of hydrogen-bond donors (Lipinski definition) is 1. The molecule has 200 valence electrons. The van der Waals surface area contributed by atoms with Gasteiger partial charge in [0.2, 0.25) is 5.91 Å². The molecule has 1 N–H and O–H groups in total. The average molecular weight is 538 g/mol. The summed E-state index contributed by atoms with van der Waals surface area (Å²) in [5, 5.41) is 4.10. The fourth-order valence-corrected chi connectivity index (χ4v) is 6.83. The molecule has 0 bridgehead atoms. The molecule has 7 nitrogen and oxygen atoms in total. The van der Waals surface area contributed by atoms with Crippen LogP contribution in [-0.4, -0.2) is 57.8 Å². The standard InChI is InChI=1S/C29H32FN3O4S/c1-36-14-4-13-32-23-15-19(9-10-24(23)37-17-26(32)34)33(18-7-8-18)29(35)22-16-31-12-11-20(22)27-21-5-2-3-6-25(21)38-28(27)30/h2-3,5-6,9-10,15,18,20,22,31H,4,7-8,11-14,16-17H2,1H3/t20-,22-/m0/s1. The number of nitrogens with one attached hydrogen (secondary N) is 1. The molecular formula is C29H32FN3O4S. The number of carbonyl (C=O) groups excluding carboxylic acids is 2. The number of thiophene rings is 1. The maximum atomic E-state index is 15.3. The molecule has 2 aromatic carbocycles. The summed E-state index contributed by atoms with van der Waals surface area (Å²) in [7, 11) is 1.64. The van der Waals surface area contributed by atoms with Gasteiger partial charge in [-0.15, -0.1) is 11.3 Å². The summed E-state index contributed by atoms with van der Waals surface area (Å²) in [4.78, 5) is 30.6. The lowest BCUT2D eigenvalue weighted by atomic mass is 9.80. The van der Waals surface area contributed by atoms with E-state index in [2.05, 4.69) is 5.32 Å². The van der Waals surface area contributed by atoms with Crippen LogP contribution in [0.25, 0.3) is 10.1 Å². The second kappa shape index (κ2) is 10.6. The smallest absolute Gasteiger partial charge is 0.265 e. The van der Waals surface area contributed by atoms with E-state index in [-0.39, 0.29) is 41.4 Å². The summed E-state index contributed by atoms with van der Waals surface area (Å²) in [6, 6.07) is 13.5. The average Bonchev–Trinajstić information content (AvgIpc) is 3.71. The number of methoxy groups -OCH3 is 1. The lowest BCUT2D eigenvalue weighted by Crippen LogP contribution is -2.47.